The first-order chi connectivity index (χ1) is 13.6. The van der Waals surface area contributed by atoms with Crippen LogP contribution in [-0.2, 0) is 6.42 Å². The predicted molar refractivity (Wildman–Crippen MR) is 100 cm³/mol. The monoisotopic (exact) mass is 377 g/mol. The number of aromatic amines is 2. The summed E-state index contributed by atoms with van der Waals surface area (Å²) in [5.74, 6) is -0.614. The number of hydrogen-bond acceptors (Lipinski definition) is 5. The average molecular weight is 377 g/mol. The maximum absolute atomic E-state index is 13.2. The van der Waals surface area contributed by atoms with E-state index < -0.39 is 5.91 Å². The van der Waals surface area contributed by atoms with Crippen molar-refractivity contribution in [2.45, 2.75) is 13.3 Å². The Bertz CT molecular complexity index is 1100. The van der Waals surface area contributed by atoms with Crippen molar-refractivity contribution >= 4 is 11.9 Å². The molecule has 2 aromatic heterocycles. The molecule has 0 spiro atoms. The molecule has 0 aliphatic carbocycles. The van der Waals surface area contributed by atoms with E-state index in [1.54, 1.807) is 12.1 Å². The van der Waals surface area contributed by atoms with Crippen molar-refractivity contribution in [2.75, 3.05) is 5.32 Å². The Balaban J connectivity index is 1.59. The molecule has 1 amide bonds. The number of H-pyrrole nitrogens is 2. The van der Waals surface area contributed by atoms with Crippen LogP contribution >= 0.6 is 0 Å². The molecule has 2 heterocycles. The number of amides is 1. The summed E-state index contributed by atoms with van der Waals surface area (Å²) < 4.78 is 13.2. The molecule has 0 unspecified atom stereocenters. The van der Waals surface area contributed by atoms with E-state index in [1.165, 1.54) is 12.1 Å². The quantitative estimate of drug-likeness (QED) is 0.495. The number of benzene rings is 2. The molecular weight excluding hydrogens is 361 g/mol. The Morgan fingerprint density at radius 2 is 1.93 bits per heavy atom. The standard InChI is InChI=1S/C19H16FN7O/c1-11-16(17(23-22-11)18(28)21-19-24-26-27-25-19)10-12-3-2-4-14(9-12)13-5-7-15(20)8-6-13/h2-9H,10H2,1H3,(H,22,23)(H2,21,24,25,26,27,28). The van der Waals surface area contributed by atoms with Gasteiger partial charge >= 0.3 is 0 Å². The Morgan fingerprint density at radius 3 is 2.68 bits per heavy atom. The van der Waals surface area contributed by atoms with Crippen LogP contribution in [0.15, 0.2) is 48.5 Å². The summed E-state index contributed by atoms with van der Waals surface area (Å²) in [6.07, 6.45) is 0.506. The lowest BCUT2D eigenvalue weighted by Gasteiger charge is -2.07. The number of aryl methyl sites for hydroxylation is 1. The van der Waals surface area contributed by atoms with Crippen LogP contribution in [0.1, 0.15) is 27.3 Å². The molecule has 4 rings (SSSR count). The highest BCUT2D eigenvalue weighted by Gasteiger charge is 2.19. The highest BCUT2D eigenvalue weighted by Crippen LogP contribution is 2.23. The predicted octanol–water partition coefficient (Wildman–Crippen LogP) is 2.88. The van der Waals surface area contributed by atoms with Gasteiger partial charge in [0.1, 0.15) is 5.82 Å². The van der Waals surface area contributed by atoms with Gasteiger partial charge in [0.05, 0.1) is 0 Å². The number of carbonyl (C=O) groups excluding carboxylic acids is 1. The topological polar surface area (TPSA) is 112 Å². The lowest BCUT2D eigenvalue weighted by Crippen LogP contribution is -2.15. The van der Waals surface area contributed by atoms with Crippen molar-refractivity contribution < 1.29 is 9.18 Å². The molecule has 0 saturated heterocycles. The van der Waals surface area contributed by atoms with E-state index in [2.05, 4.69) is 36.1 Å². The van der Waals surface area contributed by atoms with E-state index in [9.17, 15) is 9.18 Å². The second-order valence-corrected chi connectivity index (χ2v) is 6.25. The van der Waals surface area contributed by atoms with Crippen LogP contribution in [0.5, 0.6) is 0 Å². The number of nitrogens with one attached hydrogen (secondary N) is 3. The molecule has 9 heteroatoms. The van der Waals surface area contributed by atoms with Crippen molar-refractivity contribution in [3.63, 3.8) is 0 Å². The summed E-state index contributed by atoms with van der Waals surface area (Å²) in [6.45, 7) is 1.86. The number of hydrogen-bond donors (Lipinski definition) is 3. The van der Waals surface area contributed by atoms with Gasteiger partial charge in [0.2, 0.25) is 0 Å². The van der Waals surface area contributed by atoms with Gasteiger partial charge in [0, 0.05) is 17.7 Å². The van der Waals surface area contributed by atoms with E-state index >= 15 is 0 Å². The van der Waals surface area contributed by atoms with Gasteiger partial charge in [-0.05, 0) is 41.0 Å². The van der Waals surface area contributed by atoms with Crippen molar-refractivity contribution in [1.29, 1.82) is 0 Å². The van der Waals surface area contributed by atoms with Crippen LogP contribution in [0, 0.1) is 12.7 Å². The molecule has 0 aliphatic rings. The largest absolute Gasteiger partial charge is 0.286 e. The maximum atomic E-state index is 13.2. The van der Waals surface area contributed by atoms with Crippen molar-refractivity contribution in [3.8, 4) is 11.1 Å². The molecule has 3 N–H and O–H groups in total. The van der Waals surface area contributed by atoms with Crippen LogP contribution in [0.3, 0.4) is 0 Å². The van der Waals surface area contributed by atoms with Crippen molar-refractivity contribution in [2.24, 2.45) is 0 Å². The SMILES string of the molecule is Cc1[nH]nc(C(=O)Nc2nn[nH]n2)c1Cc1cccc(-c2ccc(F)cc2)c1. The van der Waals surface area contributed by atoms with E-state index in [1.807, 2.05) is 31.2 Å². The molecule has 0 radical (unpaired) electrons. The molecule has 8 nitrogen and oxygen atoms in total. The lowest BCUT2D eigenvalue weighted by atomic mass is 9.98. The fourth-order valence-corrected chi connectivity index (χ4v) is 2.94. The molecular formula is C19H16FN7O. The van der Waals surface area contributed by atoms with Gasteiger partial charge in [-0.25, -0.2) is 4.39 Å². The van der Waals surface area contributed by atoms with Gasteiger partial charge in [-0.3, -0.25) is 15.2 Å². The molecule has 4 aromatic rings. The summed E-state index contributed by atoms with van der Waals surface area (Å²) in [6, 6.07) is 14.2. The van der Waals surface area contributed by atoms with Crippen molar-refractivity contribution in [3.05, 3.63) is 76.9 Å². The molecule has 0 aliphatic heterocycles. The smallest absolute Gasteiger partial charge is 0.278 e. The number of nitrogens with zero attached hydrogens (tertiary/aromatic N) is 4. The highest BCUT2D eigenvalue weighted by molar-refractivity contribution is 6.03. The fourth-order valence-electron chi connectivity index (χ4n) is 2.94. The van der Waals surface area contributed by atoms with Gasteiger partial charge in [-0.1, -0.05) is 41.5 Å². The maximum Gasteiger partial charge on any atom is 0.278 e. The molecule has 0 bridgehead atoms. The van der Waals surface area contributed by atoms with E-state index in [0.717, 1.165) is 27.9 Å². The van der Waals surface area contributed by atoms with Crippen molar-refractivity contribution in [1.82, 2.24) is 30.8 Å². The van der Waals surface area contributed by atoms with Crippen LogP contribution < -0.4 is 5.32 Å². The normalized spacial score (nSPS) is 10.8. The summed E-state index contributed by atoms with van der Waals surface area (Å²) in [5.41, 5.74) is 4.73. The number of anilines is 1. The summed E-state index contributed by atoms with van der Waals surface area (Å²) >= 11 is 0. The minimum Gasteiger partial charge on any atom is -0.286 e. The molecule has 0 fully saturated rings. The zero-order chi connectivity index (χ0) is 19.5. The van der Waals surface area contributed by atoms with Gasteiger partial charge in [0.15, 0.2) is 5.69 Å². The third kappa shape index (κ3) is 3.63. The lowest BCUT2D eigenvalue weighted by molar-refractivity contribution is 0.102. The van der Waals surface area contributed by atoms with Gasteiger partial charge in [0.25, 0.3) is 11.9 Å². The zero-order valence-electron chi connectivity index (χ0n) is 14.9. The van der Waals surface area contributed by atoms with E-state index in [0.29, 0.717) is 6.42 Å². The van der Waals surface area contributed by atoms with Gasteiger partial charge in [-0.2, -0.15) is 10.3 Å². The number of tetrazole rings is 1. The van der Waals surface area contributed by atoms with Crippen LogP contribution in [0.4, 0.5) is 10.3 Å². The molecule has 140 valence electrons. The molecule has 2 aromatic carbocycles. The van der Waals surface area contributed by atoms with Crippen LogP contribution in [-0.4, -0.2) is 36.7 Å². The molecule has 28 heavy (non-hydrogen) atoms. The number of carbonyl (C=O) groups is 1. The third-order valence-electron chi connectivity index (χ3n) is 4.35. The number of halogens is 1. The fraction of sp³-hybridized carbons (Fsp3) is 0.105. The number of aromatic nitrogens is 6. The average Bonchev–Trinajstić information content (AvgIpc) is 3.33. The Labute approximate surface area is 159 Å². The van der Waals surface area contributed by atoms with Gasteiger partial charge in [-0.15, -0.1) is 5.10 Å². The second-order valence-electron chi connectivity index (χ2n) is 6.25. The first-order valence-corrected chi connectivity index (χ1v) is 8.53. The van der Waals surface area contributed by atoms with Gasteiger partial charge < -0.3 is 0 Å². The van der Waals surface area contributed by atoms with E-state index in [4.69, 9.17) is 0 Å². The summed E-state index contributed by atoms with van der Waals surface area (Å²) in [7, 11) is 0. The molecule has 0 saturated carbocycles. The first-order valence-electron chi connectivity index (χ1n) is 8.53. The highest BCUT2D eigenvalue weighted by atomic mass is 19.1. The summed E-state index contributed by atoms with van der Waals surface area (Å²) in [4.78, 5) is 12.5. The van der Waals surface area contributed by atoms with Crippen LogP contribution in [0.2, 0.25) is 0 Å². The van der Waals surface area contributed by atoms with Crippen LogP contribution in [0.25, 0.3) is 11.1 Å². The number of rotatable bonds is 5. The Kier molecular flexibility index (Phi) is 4.63. The minimum absolute atomic E-state index is 0.0786. The Morgan fingerprint density at radius 1 is 1.11 bits per heavy atom. The van der Waals surface area contributed by atoms with E-state index in [-0.39, 0.29) is 17.5 Å². The minimum atomic E-state index is -0.421. The Hall–Kier alpha value is -3.88. The third-order valence-corrected chi connectivity index (χ3v) is 4.35. The first kappa shape index (κ1) is 17.5. The summed E-state index contributed by atoms with van der Waals surface area (Å²) in [5, 5.41) is 22.6. The molecule has 0 atom stereocenters. The zero-order valence-corrected chi connectivity index (χ0v) is 14.9. The second kappa shape index (κ2) is 7.39.